The number of hydrogen-bond acceptors (Lipinski definition) is 5. The maximum absolute atomic E-state index is 11.3. The molecule has 1 heterocycles. The Balaban J connectivity index is 2.34. The Labute approximate surface area is 130 Å². The summed E-state index contributed by atoms with van der Waals surface area (Å²) in [5.74, 6) is 0. The molecule has 22 heavy (non-hydrogen) atoms. The van der Waals surface area contributed by atoms with Gasteiger partial charge >= 0.3 is 5.69 Å². The van der Waals surface area contributed by atoms with Crippen molar-refractivity contribution < 1.29 is 4.92 Å². The molecule has 6 nitrogen and oxygen atoms in total. The fraction of sp³-hybridized carbons (Fsp3) is 0.312. The van der Waals surface area contributed by atoms with Crippen molar-refractivity contribution in [2.24, 2.45) is 0 Å². The lowest BCUT2D eigenvalue weighted by molar-refractivity contribution is -0.384. The van der Waals surface area contributed by atoms with Gasteiger partial charge in [-0.25, -0.2) is 0 Å². The van der Waals surface area contributed by atoms with Gasteiger partial charge in [-0.1, -0.05) is 18.2 Å². The molecular weight excluding hydrogens is 280 g/mol. The Morgan fingerprint density at radius 3 is 2.50 bits per heavy atom. The van der Waals surface area contributed by atoms with Crippen LogP contribution in [0.15, 0.2) is 48.8 Å². The molecule has 0 saturated carbocycles. The Hall–Kier alpha value is -2.47. The summed E-state index contributed by atoms with van der Waals surface area (Å²) >= 11 is 0. The molecule has 116 valence electrons. The summed E-state index contributed by atoms with van der Waals surface area (Å²) in [5.41, 5.74) is 1.54. The van der Waals surface area contributed by atoms with E-state index in [1.807, 2.05) is 49.3 Å². The van der Waals surface area contributed by atoms with Gasteiger partial charge in [0.15, 0.2) is 0 Å². The molecular formula is C16H20N4O2. The van der Waals surface area contributed by atoms with Crippen LogP contribution < -0.4 is 4.90 Å². The lowest BCUT2D eigenvalue weighted by Gasteiger charge is -2.25. The van der Waals surface area contributed by atoms with Crippen molar-refractivity contribution in [2.45, 2.75) is 6.42 Å². The van der Waals surface area contributed by atoms with Crippen molar-refractivity contribution in [1.29, 1.82) is 0 Å². The number of aromatic nitrogens is 1. The number of hydrogen-bond donors (Lipinski definition) is 0. The quantitative estimate of drug-likeness (QED) is 0.581. The second kappa shape index (κ2) is 7.51. The van der Waals surface area contributed by atoms with Crippen LogP contribution in [0.1, 0.15) is 6.42 Å². The van der Waals surface area contributed by atoms with Gasteiger partial charge in [0, 0.05) is 18.4 Å². The number of pyridine rings is 1. The normalized spacial score (nSPS) is 10.7. The van der Waals surface area contributed by atoms with Crippen LogP contribution in [0, 0.1) is 10.1 Å². The van der Waals surface area contributed by atoms with Crippen LogP contribution >= 0.6 is 0 Å². The van der Waals surface area contributed by atoms with Crippen LogP contribution in [0.25, 0.3) is 0 Å². The first kappa shape index (κ1) is 15.9. The van der Waals surface area contributed by atoms with Crippen molar-refractivity contribution in [3.05, 3.63) is 58.9 Å². The summed E-state index contributed by atoms with van der Waals surface area (Å²) in [6.45, 7) is 1.62. The highest BCUT2D eigenvalue weighted by molar-refractivity contribution is 5.71. The third-order valence-electron chi connectivity index (χ3n) is 3.32. The molecule has 0 unspecified atom stereocenters. The molecule has 0 amide bonds. The van der Waals surface area contributed by atoms with Crippen molar-refractivity contribution in [2.75, 3.05) is 32.1 Å². The van der Waals surface area contributed by atoms with Crippen LogP contribution in [0.2, 0.25) is 0 Å². The number of rotatable bonds is 7. The topological polar surface area (TPSA) is 62.5 Å². The molecule has 6 heteroatoms. The van der Waals surface area contributed by atoms with Crippen LogP contribution in [0.4, 0.5) is 17.1 Å². The van der Waals surface area contributed by atoms with Crippen LogP contribution in [-0.4, -0.2) is 42.0 Å². The highest BCUT2D eigenvalue weighted by Crippen LogP contribution is 2.32. The zero-order valence-electron chi connectivity index (χ0n) is 12.8. The van der Waals surface area contributed by atoms with Gasteiger partial charge in [0.1, 0.15) is 11.9 Å². The summed E-state index contributed by atoms with van der Waals surface area (Å²) in [6, 6.07) is 11.4. The van der Waals surface area contributed by atoms with E-state index in [0.29, 0.717) is 12.2 Å². The van der Waals surface area contributed by atoms with Gasteiger partial charge < -0.3 is 9.80 Å². The van der Waals surface area contributed by atoms with E-state index in [2.05, 4.69) is 9.88 Å². The summed E-state index contributed by atoms with van der Waals surface area (Å²) in [5, 5.41) is 11.3. The largest absolute Gasteiger partial charge is 0.336 e. The molecule has 0 aliphatic heterocycles. The molecule has 0 radical (unpaired) electrons. The molecule has 2 aromatic rings. The monoisotopic (exact) mass is 300 g/mol. The Bertz CT molecular complexity index is 617. The predicted octanol–water partition coefficient (Wildman–Crippen LogP) is 3.08. The summed E-state index contributed by atoms with van der Waals surface area (Å²) < 4.78 is 0. The first-order valence-corrected chi connectivity index (χ1v) is 7.15. The van der Waals surface area contributed by atoms with Gasteiger partial charge in [-0.15, -0.1) is 0 Å². The van der Waals surface area contributed by atoms with Gasteiger partial charge in [0.05, 0.1) is 4.92 Å². The summed E-state index contributed by atoms with van der Waals surface area (Å²) in [7, 11) is 4.03. The summed E-state index contributed by atoms with van der Waals surface area (Å²) in [4.78, 5) is 18.8. The van der Waals surface area contributed by atoms with Gasteiger partial charge in [0.2, 0.25) is 0 Å². The minimum absolute atomic E-state index is 0.0243. The second-order valence-corrected chi connectivity index (χ2v) is 5.27. The van der Waals surface area contributed by atoms with Crippen molar-refractivity contribution in [3.8, 4) is 0 Å². The molecule has 0 bridgehead atoms. The Morgan fingerprint density at radius 1 is 1.14 bits per heavy atom. The van der Waals surface area contributed by atoms with Crippen molar-refractivity contribution >= 4 is 17.1 Å². The smallest absolute Gasteiger partial charge is 0.310 e. The van der Waals surface area contributed by atoms with Crippen LogP contribution in [-0.2, 0) is 0 Å². The minimum Gasteiger partial charge on any atom is -0.336 e. The average molecular weight is 300 g/mol. The third kappa shape index (κ3) is 4.02. The number of anilines is 2. The van der Waals surface area contributed by atoms with E-state index in [9.17, 15) is 10.1 Å². The van der Waals surface area contributed by atoms with E-state index >= 15 is 0 Å². The van der Waals surface area contributed by atoms with Crippen LogP contribution in [0.5, 0.6) is 0 Å². The predicted molar refractivity (Wildman–Crippen MR) is 87.5 cm³/mol. The molecule has 0 atom stereocenters. The van der Waals surface area contributed by atoms with Crippen LogP contribution in [0.3, 0.4) is 0 Å². The molecule has 1 aromatic heterocycles. The second-order valence-electron chi connectivity index (χ2n) is 5.27. The highest BCUT2D eigenvalue weighted by atomic mass is 16.6. The van der Waals surface area contributed by atoms with Gasteiger partial charge in [-0.05, 0) is 45.3 Å². The molecule has 0 aliphatic carbocycles. The summed E-state index contributed by atoms with van der Waals surface area (Å²) in [6.07, 6.45) is 3.79. The number of nitrogens with zero attached hydrogens (tertiary/aromatic N) is 4. The van der Waals surface area contributed by atoms with E-state index in [-0.39, 0.29) is 10.6 Å². The third-order valence-corrected chi connectivity index (χ3v) is 3.32. The molecule has 0 saturated heterocycles. The first-order valence-electron chi connectivity index (χ1n) is 7.15. The maximum atomic E-state index is 11.3. The zero-order valence-corrected chi connectivity index (χ0v) is 12.8. The van der Waals surface area contributed by atoms with Gasteiger partial charge in [-0.3, -0.25) is 15.1 Å². The van der Waals surface area contributed by atoms with E-state index in [1.165, 1.54) is 6.20 Å². The van der Waals surface area contributed by atoms with E-state index in [4.69, 9.17) is 0 Å². The maximum Gasteiger partial charge on any atom is 0.310 e. The minimum atomic E-state index is -0.385. The highest BCUT2D eigenvalue weighted by Gasteiger charge is 2.20. The first-order chi connectivity index (χ1) is 10.6. The van der Waals surface area contributed by atoms with E-state index < -0.39 is 0 Å². The Kier molecular flexibility index (Phi) is 5.43. The molecule has 0 aliphatic rings. The number of benzene rings is 1. The van der Waals surface area contributed by atoms with E-state index in [1.54, 1.807) is 12.3 Å². The average Bonchev–Trinajstić information content (AvgIpc) is 2.52. The number of para-hydroxylation sites is 1. The molecule has 1 aromatic carbocycles. The molecule has 0 spiro atoms. The van der Waals surface area contributed by atoms with Crippen molar-refractivity contribution in [3.63, 3.8) is 0 Å². The molecule has 0 N–H and O–H groups in total. The zero-order chi connectivity index (χ0) is 15.9. The lowest BCUT2D eigenvalue weighted by atomic mass is 10.2. The number of nitro groups is 1. The standard InChI is InChI=1S/C16H20N4O2/c1-18(2)11-6-12-19(14-7-4-3-5-8-14)15-9-10-17-13-16(15)20(21)22/h3-5,7-10,13H,6,11-12H2,1-2H3. The van der Waals surface area contributed by atoms with E-state index in [0.717, 1.165) is 18.7 Å². The molecule has 2 rings (SSSR count). The van der Waals surface area contributed by atoms with Gasteiger partial charge in [0.25, 0.3) is 0 Å². The lowest BCUT2D eigenvalue weighted by Crippen LogP contribution is -2.23. The SMILES string of the molecule is CN(C)CCCN(c1ccccc1)c1ccncc1[N+](=O)[O-]. The fourth-order valence-electron chi connectivity index (χ4n) is 2.29. The molecule has 0 fully saturated rings. The fourth-order valence-corrected chi connectivity index (χ4v) is 2.29. The van der Waals surface area contributed by atoms with Crippen molar-refractivity contribution in [1.82, 2.24) is 9.88 Å². The Morgan fingerprint density at radius 2 is 1.86 bits per heavy atom. The van der Waals surface area contributed by atoms with Gasteiger partial charge in [-0.2, -0.15) is 0 Å².